The zero-order valence-electron chi connectivity index (χ0n) is 10.7. The van der Waals surface area contributed by atoms with Crippen LogP contribution in [0.4, 0.5) is 0 Å². The molecule has 0 aliphatic heterocycles. The summed E-state index contributed by atoms with van der Waals surface area (Å²) < 4.78 is 0. The molecule has 0 rings (SSSR count). The highest BCUT2D eigenvalue weighted by Crippen LogP contribution is 2.18. The van der Waals surface area contributed by atoms with E-state index in [-0.39, 0.29) is 0 Å². The molecule has 0 aromatic heterocycles. The van der Waals surface area contributed by atoms with Crippen LogP contribution in [0.25, 0.3) is 0 Å². The third-order valence-electron chi connectivity index (χ3n) is 3.03. The zero-order valence-corrected chi connectivity index (χ0v) is 10.7. The molecule has 1 nitrogen and oxygen atoms in total. The Hall–Kier alpha value is -0.330. The van der Waals surface area contributed by atoms with Gasteiger partial charge in [-0.1, -0.05) is 46.0 Å². The molecule has 0 aliphatic carbocycles. The zero-order chi connectivity index (χ0) is 11.5. The third kappa shape index (κ3) is 8.65. The van der Waals surface area contributed by atoms with E-state index in [1.54, 1.807) is 6.92 Å². The molecular formula is C14H27O. The maximum absolute atomic E-state index is 11.4. The molecule has 0 heterocycles. The Morgan fingerprint density at radius 1 is 1.13 bits per heavy atom. The van der Waals surface area contributed by atoms with E-state index in [4.69, 9.17) is 0 Å². The van der Waals surface area contributed by atoms with E-state index in [2.05, 4.69) is 20.3 Å². The van der Waals surface area contributed by atoms with Gasteiger partial charge in [0.1, 0.15) is 5.78 Å². The third-order valence-corrected chi connectivity index (χ3v) is 3.03. The summed E-state index contributed by atoms with van der Waals surface area (Å²) in [5.74, 6) is 0.704. The summed E-state index contributed by atoms with van der Waals surface area (Å²) in [6.45, 7) is 6.04. The fourth-order valence-electron chi connectivity index (χ4n) is 1.91. The first kappa shape index (κ1) is 14.7. The Balaban J connectivity index is 3.53. The highest BCUT2D eigenvalue weighted by Gasteiger charge is 2.12. The van der Waals surface area contributed by atoms with E-state index in [1.165, 1.54) is 32.1 Å². The first-order valence-electron chi connectivity index (χ1n) is 6.50. The van der Waals surface area contributed by atoms with Gasteiger partial charge in [-0.3, -0.25) is 4.79 Å². The molecule has 0 N–H and O–H groups in total. The molecule has 0 amide bonds. The lowest BCUT2D eigenvalue weighted by Gasteiger charge is -2.12. The fraction of sp³-hybridized carbons (Fsp3) is 0.857. The van der Waals surface area contributed by atoms with Gasteiger partial charge in [0.2, 0.25) is 0 Å². The van der Waals surface area contributed by atoms with Crippen molar-refractivity contribution in [2.24, 2.45) is 5.92 Å². The summed E-state index contributed by atoms with van der Waals surface area (Å²) in [6.07, 6.45) is 11.9. The van der Waals surface area contributed by atoms with Crippen LogP contribution in [0.3, 0.4) is 0 Å². The summed E-state index contributed by atoms with van der Waals surface area (Å²) in [6, 6.07) is 0. The van der Waals surface area contributed by atoms with Gasteiger partial charge in [0, 0.05) is 5.92 Å². The number of rotatable bonds is 10. The van der Waals surface area contributed by atoms with Gasteiger partial charge < -0.3 is 0 Å². The van der Waals surface area contributed by atoms with Gasteiger partial charge in [-0.25, -0.2) is 0 Å². The van der Waals surface area contributed by atoms with Crippen LogP contribution >= 0.6 is 0 Å². The maximum atomic E-state index is 11.4. The van der Waals surface area contributed by atoms with E-state index in [0.29, 0.717) is 11.7 Å². The van der Waals surface area contributed by atoms with Crippen LogP contribution in [0.2, 0.25) is 0 Å². The van der Waals surface area contributed by atoms with Crippen LogP contribution in [0.15, 0.2) is 0 Å². The van der Waals surface area contributed by atoms with Crippen molar-refractivity contribution in [2.45, 2.75) is 72.1 Å². The number of unbranched alkanes of at least 4 members (excludes halogenated alkanes) is 5. The van der Waals surface area contributed by atoms with Crippen molar-refractivity contribution in [2.75, 3.05) is 0 Å². The van der Waals surface area contributed by atoms with E-state index >= 15 is 0 Å². The smallest absolute Gasteiger partial charge is 0.132 e. The lowest BCUT2D eigenvalue weighted by atomic mass is 9.92. The molecule has 15 heavy (non-hydrogen) atoms. The van der Waals surface area contributed by atoms with E-state index in [9.17, 15) is 4.79 Å². The predicted octanol–water partition coefficient (Wildman–Crippen LogP) is 4.56. The molecular weight excluding hydrogens is 184 g/mol. The van der Waals surface area contributed by atoms with Crippen molar-refractivity contribution in [1.29, 1.82) is 0 Å². The summed E-state index contributed by atoms with van der Waals surface area (Å²) >= 11 is 0. The molecule has 1 unspecified atom stereocenters. The minimum Gasteiger partial charge on any atom is -0.300 e. The van der Waals surface area contributed by atoms with Crippen LogP contribution in [0.1, 0.15) is 72.1 Å². The van der Waals surface area contributed by atoms with Gasteiger partial charge in [-0.15, -0.1) is 0 Å². The van der Waals surface area contributed by atoms with Gasteiger partial charge in [-0.2, -0.15) is 0 Å². The van der Waals surface area contributed by atoms with E-state index < -0.39 is 0 Å². The van der Waals surface area contributed by atoms with E-state index in [1.807, 2.05) is 0 Å². The van der Waals surface area contributed by atoms with Crippen molar-refractivity contribution in [3.05, 3.63) is 6.42 Å². The van der Waals surface area contributed by atoms with E-state index in [0.717, 1.165) is 19.3 Å². The number of carbonyl (C=O) groups is 1. The molecule has 0 aliphatic rings. The first-order chi connectivity index (χ1) is 7.22. The molecule has 1 heteroatoms. The van der Waals surface area contributed by atoms with Crippen LogP contribution < -0.4 is 0 Å². The average molecular weight is 211 g/mol. The molecule has 0 bridgehead atoms. The van der Waals surface area contributed by atoms with Gasteiger partial charge in [0.05, 0.1) is 0 Å². The lowest BCUT2D eigenvalue weighted by molar-refractivity contribution is -0.121. The summed E-state index contributed by atoms with van der Waals surface area (Å²) in [5, 5.41) is 0. The van der Waals surface area contributed by atoms with Crippen molar-refractivity contribution < 1.29 is 4.79 Å². The topological polar surface area (TPSA) is 17.1 Å². The molecule has 0 fully saturated rings. The number of hydrogen-bond acceptors (Lipinski definition) is 1. The molecule has 1 radical (unpaired) electrons. The standard InChI is InChI=1S/C14H27O/c1-4-6-8-9-10-12-14(13(3)15)11-7-5-2/h5,14H,4,6-12H2,1-3H3. The first-order valence-corrected chi connectivity index (χ1v) is 6.50. The normalized spacial score (nSPS) is 12.7. The highest BCUT2D eigenvalue weighted by atomic mass is 16.1. The number of carbonyl (C=O) groups excluding carboxylic acids is 1. The molecule has 0 aromatic rings. The molecule has 0 saturated carbocycles. The average Bonchev–Trinajstić information content (AvgIpc) is 2.21. The Morgan fingerprint density at radius 3 is 2.33 bits per heavy atom. The number of hydrogen-bond donors (Lipinski definition) is 0. The number of ketones is 1. The van der Waals surface area contributed by atoms with Crippen LogP contribution in [-0.2, 0) is 4.79 Å². The minimum absolute atomic E-state index is 0.322. The second kappa shape index (κ2) is 10.2. The molecule has 89 valence electrons. The van der Waals surface area contributed by atoms with Crippen LogP contribution in [0, 0.1) is 12.3 Å². The molecule has 0 aromatic carbocycles. The minimum atomic E-state index is 0.322. The Labute approximate surface area is 95.6 Å². The van der Waals surface area contributed by atoms with Crippen molar-refractivity contribution >= 4 is 5.78 Å². The lowest BCUT2D eigenvalue weighted by Crippen LogP contribution is -2.10. The Kier molecular flexibility index (Phi) is 9.97. The summed E-state index contributed by atoms with van der Waals surface area (Å²) in [7, 11) is 0. The van der Waals surface area contributed by atoms with Gasteiger partial charge in [0.15, 0.2) is 0 Å². The van der Waals surface area contributed by atoms with Gasteiger partial charge in [-0.05, 0) is 32.6 Å². The molecule has 0 spiro atoms. The molecule has 0 saturated heterocycles. The largest absolute Gasteiger partial charge is 0.300 e. The summed E-state index contributed by atoms with van der Waals surface area (Å²) in [4.78, 5) is 11.4. The van der Waals surface area contributed by atoms with Crippen LogP contribution in [-0.4, -0.2) is 5.78 Å². The van der Waals surface area contributed by atoms with Crippen LogP contribution in [0.5, 0.6) is 0 Å². The quantitative estimate of drug-likeness (QED) is 0.484. The Morgan fingerprint density at radius 2 is 1.80 bits per heavy atom. The second-order valence-electron chi connectivity index (χ2n) is 4.50. The van der Waals surface area contributed by atoms with Gasteiger partial charge >= 0.3 is 0 Å². The van der Waals surface area contributed by atoms with Crippen molar-refractivity contribution in [3.8, 4) is 0 Å². The number of Topliss-reactive ketones (excluding diaryl/α,β-unsaturated/α-hetero) is 1. The molecule has 1 atom stereocenters. The SMILES string of the molecule is C[CH]CCC(CCCCCCC)C(C)=O. The second-order valence-corrected chi connectivity index (χ2v) is 4.50. The summed E-state index contributed by atoms with van der Waals surface area (Å²) in [5.41, 5.74) is 0. The fourth-order valence-corrected chi connectivity index (χ4v) is 1.91. The van der Waals surface area contributed by atoms with Crippen molar-refractivity contribution in [1.82, 2.24) is 0 Å². The highest BCUT2D eigenvalue weighted by molar-refractivity contribution is 5.78. The maximum Gasteiger partial charge on any atom is 0.132 e. The monoisotopic (exact) mass is 211 g/mol. The predicted molar refractivity (Wildman–Crippen MR) is 66.8 cm³/mol. The van der Waals surface area contributed by atoms with Gasteiger partial charge in [0.25, 0.3) is 0 Å². The Bertz CT molecular complexity index is 151. The van der Waals surface area contributed by atoms with Crippen molar-refractivity contribution in [3.63, 3.8) is 0 Å².